The van der Waals surface area contributed by atoms with Crippen LogP contribution in [0.25, 0.3) is 0 Å². The molecule has 128 valence electrons. The number of halogens is 3. The van der Waals surface area contributed by atoms with Gasteiger partial charge in [-0.25, -0.2) is 0 Å². The Morgan fingerprint density at radius 2 is 2.09 bits per heavy atom. The molecule has 1 aromatic carbocycles. The highest BCUT2D eigenvalue weighted by atomic mass is 19.4. The summed E-state index contributed by atoms with van der Waals surface area (Å²) in [5, 5.41) is 6.16. The van der Waals surface area contributed by atoms with E-state index in [4.69, 9.17) is 0 Å². The van der Waals surface area contributed by atoms with E-state index in [1.165, 1.54) is 12.1 Å². The Labute approximate surface area is 133 Å². The van der Waals surface area contributed by atoms with E-state index in [0.717, 1.165) is 24.9 Å². The lowest BCUT2D eigenvalue weighted by Crippen LogP contribution is -2.33. The lowest BCUT2D eigenvalue weighted by atomic mass is 10.1. The molecule has 1 amide bonds. The van der Waals surface area contributed by atoms with Crippen molar-refractivity contribution in [2.24, 2.45) is 0 Å². The van der Waals surface area contributed by atoms with Crippen molar-refractivity contribution in [2.45, 2.75) is 44.4 Å². The van der Waals surface area contributed by atoms with Crippen molar-refractivity contribution in [1.29, 1.82) is 0 Å². The highest BCUT2D eigenvalue weighted by molar-refractivity contribution is 5.77. The van der Waals surface area contributed by atoms with Gasteiger partial charge in [0.1, 0.15) is 5.75 Å². The summed E-state index contributed by atoms with van der Waals surface area (Å²) in [7, 11) is 0. The van der Waals surface area contributed by atoms with Crippen molar-refractivity contribution in [3.8, 4) is 5.75 Å². The number of carbonyl (C=O) groups is 1. The third-order valence-electron chi connectivity index (χ3n) is 3.75. The lowest BCUT2D eigenvalue weighted by molar-refractivity contribution is -0.153. The van der Waals surface area contributed by atoms with Gasteiger partial charge in [0.25, 0.3) is 0 Å². The number of nitrogens with one attached hydrogen (secondary N) is 2. The first-order valence-electron chi connectivity index (χ1n) is 7.66. The number of hydrogen-bond donors (Lipinski definition) is 2. The summed E-state index contributed by atoms with van der Waals surface area (Å²) in [6, 6.07) is 6.29. The van der Waals surface area contributed by atoms with E-state index >= 15 is 0 Å². The Kier molecular flexibility index (Phi) is 5.87. The van der Waals surface area contributed by atoms with Gasteiger partial charge in [0.15, 0.2) is 6.61 Å². The Hall–Kier alpha value is -1.76. The number of amides is 1. The Balaban J connectivity index is 1.82. The first-order valence-corrected chi connectivity index (χ1v) is 7.66. The van der Waals surface area contributed by atoms with E-state index < -0.39 is 12.8 Å². The van der Waals surface area contributed by atoms with Crippen LogP contribution in [0.3, 0.4) is 0 Å². The zero-order chi connectivity index (χ0) is 16.9. The van der Waals surface area contributed by atoms with Crippen LogP contribution in [-0.2, 0) is 4.79 Å². The molecule has 7 heteroatoms. The predicted molar refractivity (Wildman–Crippen MR) is 80.2 cm³/mol. The summed E-state index contributed by atoms with van der Waals surface area (Å²) < 4.78 is 40.9. The van der Waals surface area contributed by atoms with Crippen LogP contribution in [0, 0.1) is 0 Å². The minimum absolute atomic E-state index is 0.0331. The molecule has 1 aliphatic heterocycles. The molecular weight excluding hydrogens is 309 g/mol. The summed E-state index contributed by atoms with van der Waals surface area (Å²) >= 11 is 0. The van der Waals surface area contributed by atoms with Gasteiger partial charge < -0.3 is 15.4 Å². The maximum Gasteiger partial charge on any atom is 0.422 e. The summed E-state index contributed by atoms with van der Waals surface area (Å²) in [5.41, 5.74) is 0.817. The summed E-state index contributed by atoms with van der Waals surface area (Å²) in [4.78, 5) is 12.0. The summed E-state index contributed by atoms with van der Waals surface area (Å²) in [6.45, 7) is 1.48. The van der Waals surface area contributed by atoms with Crippen LogP contribution < -0.4 is 15.4 Å². The lowest BCUT2D eigenvalue weighted by Gasteiger charge is -2.17. The van der Waals surface area contributed by atoms with Gasteiger partial charge in [0.2, 0.25) is 5.91 Å². The highest BCUT2D eigenvalue weighted by Crippen LogP contribution is 2.21. The Morgan fingerprint density at radius 1 is 1.39 bits per heavy atom. The highest BCUT2D eigenvalue weighted by Gasteiger charge is 2.28. The molecule has 1 aromatic rings. The van der Waals surface area contributed by atoms with Gasteiger partial charge >= 0.3 is 6.18 Å². The van der Waals surface area contributed by atoms with Crippen molar-refractivity contribution in [3.05, 3.63) is 29.8 Å². The van der Waals surface area contributed by atoms with Crippen molar-refractivity contribution < 1.29 is 22.7 Å². The SMILES string of the molecule is CC(NC(=O)CC1CCCN1)c1ccc(OCC(F)(F)F)cc1. The molecule has 2 N–H and O–H groups in total. The molecule has 0 aromatic heterocycles. The van der Waals surface area contributed by atoms with Crippen LogP contribution in [0.5, 0.6) is 5.75 Å². The molecule has 0 aliphatic carbocycles. The minimum Gasteiger partial charge on any atom is -0.484 e. The van der Waals surface area contributed by atoms with Crippen LogP contribution >= 0.6 is 0 Å². The number of rotatable bonds is 6. The second-order valence-corrected chi connectivity index (χ2v) is 5.76. The van der Waals surface area contributed by atoms with Gasteiger partial charge in [0.05, 0.1) is 6.04 Å². The average molecular weight is 330 g/mol. The van der Waals surface area contributed by atoms with Crippen molar-refractivity contribution in [1.82, 2.24) is 10.6 Å². The normalized spacial score (nSPS) is 19.4. The molecule has 0 saturated carbocycles. The molecule has 1 saturated heterocycles. The molecule has 2 unspecified atom stereocenters. The van der Waals surface area contributed by atoms with Crippen LogP contribution in [0.1, 0.15) is 37.8 Å². The largest absolute Gasteiger partial charge is 0.484 e. The molecule has 1 aliphatic rings. The first kappa shape index (κ1) is 17.6. The Morgan fingerprint density at radius 3 is 2.65 bits per heavy atom. The van der Waals surface area contributed by atoms with Crippen molar-refractivity contribution in [2.75, 3.05) is 13.2 Å². The molecule has 1 fully saturated rings. The zero-order valence-electron chi connectivity index (χ0n) is 13.0. The van der Waals surface area contributed by atoms with Crippen molar-refractivity contribution in [3.63, 3.8) is 0 Å². The average Bonchev–Trinajstić information content (AvgIpc) is 2.97. The molecule has 1 heterocycles. The van der Waals surface area contributed by atoms with Gasteiger partial charge in [-0.05, 0) is 44.0 Å². The topological polar surface area (TPSA) is 50.4 Å². The van der Waals surface area contributed by atoms with E-state index in [9.17, 15) is 18.0 Å². The fourth-order valence-electron chi connectivity index (χ4n) is 2.56. The molecular formula is C16H21F3N2O2. The standard InChI is InChI=1S/C16H21F3N2O2/c1-11(21-15(22)9-13-3-2-8-20-13)12-4-6-14(7-5-12)23-10-16(17,18)19/h4-7,11,13,20H,2-3,8-10H2,1H3,(H,21,22). The van der Waals surface area contributed by atoms with E-state index in [1.54, 1.807) is 12.1 Å². The number of alkyl halides is 3. The fourth-order valence-corrected chi connectivity index (χ4v) is 2.56. The maximum atomic E-state index is 12.1. The second kappa shape index (κ2) is 7.68. The molecule has 4 nitrogen and oxygen atoms in total. The molecule has 0 spiro atoms. The number of carbonyl (C=O) groups excluding carboxylic acids is 1. The minimum atomic E-state index is -4.35. The molecule has 2 rings (SSSR count). The van der Waals surface area contributed by atoms with Gasteiger partial charge in [0, 0.05) is 12.5 Å². The van der Waals surface area contributed by atoms with Crippen molar-refractivity contribution >= 4 is 5.91 Å². The monoisotopic (exact) mass is 330 g/mol. The second-order valence-electron chi connectivity index (χ2n) is 5.76. The third-order valence-corrected chi connectivity index (χ3v) is 3.75. The van der Waals surface area contributed by atoms with Gasteiger partial charge in [-0.1, -0.05) is 12.1 Å². The zero-order valence-corrected chi connectivity index (χ0v) is 13.0. The van der Waals surface area contributed by atoms with Gasteiger partial charge in [-0.2, -0.15) is 13.2 Å². The van der Waals surface area contributed by atoms with Crippen LogP contribution in [-0.4, -0.2) is 31.3 Å². The van der Waals surface area contributed by atoms with E-state index in [1.807, 2.05) is 6.92 Å². The maximum absolute atomic E-state index is 12.1. The third kappa shape index (κ3) is 6.09. The summed E-state index contributed by atoms with van der Waals surface area (Å²) in [5.74, 6) is 0.119. The number of ether oxygens (including phenoxy) is 1. The smallest absolute Gasteiger partial charge is 0.422 e. The van der Waals surface area contributed by atoms with Gasteiger partial charge in [-0.15, -0.1) is 0 Å². The molecule has 0 radical (unpaired) electrons. The van der Waals surface area contributed by atoms with Crippen LogP contribution in [0.4, 0.5) is 13.2 Å². The van der Waals surface area contributed by atoms with Gasteiger partial charge in [-0.3, -0.25) is 4.79 Å². The molecule has 0 bridgehead atoms. The van der Waals surface area contributed by atoms with E-state index in [0.29, 0.717) is 6.42 Å². The first-order chi connectivity index (χ1) is 10.8. The number of benzene rings is 1. The quantitative estimate of drug-likeness (QED) is 0.843. The van der Waals surface area contributed by atoms with Crippen LogP contribution in [0.2, 0.25) is 0 Å². The molecule has 23 heavy (non-hydrogen) atoms. The number of hydrogen-bond acceptors (Lipinski definition) is 3. The van der Waals surface area contributed by atoms with Crippen LogP contribution in [0.15, 0.2) is 24.3 Å². The Bertz CT molecular complexity index is 511. The summed E-state index contributed by atoms with van der Waals surface area (Å²) in [6.07, 6.45) is -1.81. The fraction of sp³-hybridized carbons (Fsp3) is 0.562. The molecule has 2 atom stereocenters. The van der Waals surface area contributed by atoms with E-state index in [2.05, 4.69) is 15.4 Å². The van der Waals surface area contributed by atoms with E-state index in [-0.39, 0.29) is 23.7 Å². The predicted octanol–water partition coefficient (Wildman–Crippen LogP) is 2.95.